The molecule has 0 N–H and O–H groups in total. The smallest absolute Gasteiger partial charge is 0.259 e. The van der Waals surface area contributed by atoms with Crippen LogP contribution in [0.3, 0.4) is 0 Å². The number of halogens is 2. The number of ether oxygens (including phenoxy) is 1. The van der Waals surface area contributed by atoms with Crippen LogP contribution in [0.25, 0.3) is 0 Å². The number of carbonyl (C=O) groups is 1. The van der Waals surface area contributed by atoms with Crippen molar-refractivity contribution in [2.45, 2.75) is 19.9 Å². The van der Waals surface area contributed by atoms with E-state index in [-0.39, 0.29) is 23.0 Å². The first-order valence-electron chi connectivity index (χ1n) is 8.98. The van der Waals surface area contributed by atoms with Crippen molar-refractivity contribution in [1.29, 1.82) is 0 Å². The third kappa shape index (κ3) is 4.67. The van der Waals surface area contributed by atoms with Gasteiger partial charge in [0.1, 0.15) is 17.4 Å². The minimum atomic E-state index is -0.468. The fourth-order valence-electron chi connectivity index (χ4n) is 2.68. The Kier molecular flexibility index (Phi) is 6.61. The van der Waals surface area contributed by atoms with E-state index < -0.39 is 5.82 Å². The Morgan fingerprint density at radius 2 is 1.89 bits per heavy atom. The van der Waals surface area contributed by atoms with Crippen molar-refractivity contribution in [3.63, 3.8) is 0 Å². The van der Waals surface area contributed by atoms with Gasteiger partial charge in [-0.05, 0) is 55.0 Å². The van der Waals surface area contributed by atoms with Gasteiger partial charge in [0.05, 0.1) is 13.2 Å². The van der Waals surface area contributed by atoms with Gasteiger partial charge in [-0.1, -0.05) is 30.7 Å². The average Bonchev–Trinajstić information content (AvgIpc) is 2.73. The van der Waals surface area contributed by atoms with Gasteiger partial charge in [-0.3, -0.25) is 9.69 Å². The van der Waals surface area contributed by atoms with Gasteiger partial charge < -0.3 is 4.74 Å². The second kappa shape index (κ2) is 9.33. The summed E-state index contributed by atoms with van der Waals surface area (Å²) in [6, 6.07) is 16.5. The summed E-state index contributed by atoms with van der Waals surface area (Å²) < 4.78 is 19.9. The molecule has 1 heterocycles. The van der Waals surface area contributed by atoms with Crippen molar-refractivity contribution in [2.75, 3.05) is 11.5 Å². The summed E-state index contributed by atoms with van der Waals surface area (Å²) in [5, 5.41) is 0.261. The molecule has 0 fully saturated rings. The predicted molar refractivity (Wildman–Crippen MR) is 108 cm³/mol. The second-order valence-corrected chi connectivity index (χ2v) is 6.56. The molecule has 0 aliphatic carbocycles. The molecule has 0 unspecified atom stereocenters. The van der Waals surface area contributed by atoms with Crippen molar-refractivity contribution in [2.24, 2.45) is 0 Å². The Bertz CT molecular complexity index is 913. The molecule has 28 heavy (non-hydrogen) atoms. The van der Waals surface area contributed by atoms with Crippen LogP contribution in [0.4, 0.5) is 10.2 Å². The molecule has 1 aromatic heterocycles. The van der Waals surface area contributed by atoms with Crippen LogP contribution in [-0.4, -0.2) is 17.5 Å². The average molecular weight is 399 g/mol. The minimum absolute atomic E-state index is 0.0323. The third-order valence-corrected chi connectivity index (χ3v) is 4.48. The van der Waals surface area contributed by atoms with Crippen LogP contribution in [0.5, 0.6) is 5.75 Å². The fraction of sp³-hybridized carbons (Fsp3) is 0.182. The highest BCUT2D eigenvalue weighted by atomic mass is 35.5. The van der Waals surface area contributed by atoms with E-state index >= 15 is 0 Å². The van der Waals surface area contributed by atoms with E-state index in [1.54, 1.807) is 54.7 Å². The molecule has 0 saturated heterocycles. The summed E-state index contributed by atoms with van der Waals surface area (Å²) in [4.78, 5) is 18.8. The van der Waals surface area contributed by atoms with Gasteiger partial charge in [0.2, 0.25) is 0 Å². The lowest BCUT2D eigenvalue weighted by Gasteiger charge is -2.23. The van der Waals surface area contributed by atoms with Gasteiger partial charge in [-0.15, -0.1) is 0 Å². The molecule has 4 nitrogen and oxygen atoms in total. The van der Waals surface area contributed by atoms with E-state index in [0.29, 0.717) is 23.7 Å². The number of nitrogens with zero attached hydrogens (tertiary/aromatic N) is 2. The van der Waals surface area contributed by atoms with Gasteiger partial charge in [-0.2, -0.15) is 0 Å². The van der Waals surface area contributed by atoms with Crippen LogP contribution in [0.1, 0.15) is 29.3 Å². The van der Waals surface area contributed by atoms with E-state index in [1.807, 2.05) is 6.92 Å². The lowest BCUT2D eigenvalue weighted by molar-refractivity contribution is 0.0984. The molecule has 3 aromatic rings. The molecule has 144 valence electrons. The maximum Gasteiger partial charge on any atom is 0.259 e. The lowest BCUT2D eigenvalue weighted by Crippen LogP contribution is -2.31. The Hall–Kier alpha value is -2.92. The molecular weight excluding hydrogens is 379 g/mol. The maximum absolute atomic E-state index is 14.3. The van der Waals surface area contributed by atoms with Crippen molar-refractivity contribution in [3.8, 4) is 5.75 Å². The first-order valence-corrected chi connectivity index (χ1v) is 9.36. The first kappa shape index (κ1) is 19.8. The zero-order valence-corrected chi connectivity index (χ0v) is 16.2. The van der Waals surface area contributed by atoms with Crippen molar-refractivity contribution >= 4 is 23.3 Å². The number of hydrogen-bond donors (Lipinski definition) is 0. The summed E-state index contributed by atoms with van der Waals surface area (Å²) in [5.74, 6) is 0.336. The van der Waals surface area contributed by atoms with Crippen molar-refractivity contribution in [3.05, 3.63) is 88.8 Å². The molecular formula is C22H20ClFN2O2. The highest BCUT2D eigenvalue weighted by Crippen LogP contribution is 2.25. The molecule has 0 spiro atoms. The van der Waals surface area contributed by atoms with Crippen LogP contribution in [0.15, 0.2) is 66.9 Å². The molecule has 0 aliphatic rings. The Balaban J connectivity index is 1.92. The zero-order valence-electron chi connectivity index (χ0n) is 15.4. The topological polar surface area (TPSA) is 42.4 Å². The monoisotopic (exact) mass is 398 g/mol. The number of pyridine rings is 1. The van der Waals surface area contributed by atoms with Crippen LogP contribution in [0, 0.1) is 5.82 Å². The minimum Gasteiger partial charge on any atom is -0.494 e. The number of carbonyl (C=O) groups excluding carboxylic acids is 1. The van der Waals surface area contributed by atoms with Crippen LogP contribution < -0.4 is 9.64 Å². The first-order chi connectivity index (χ1) is 13.6. The van der Waals surface area contributed by atoms with Crippen LogP contribution in [-0.2, 0) is 6.54 Å². The van der Waals surface area contributed by atoms with E-state index in [9.17, 15) is 9.18 Å². The predicted octanol–water partition coefficient (Wildman–Crippen LogP) is 5.51. The van der Waals surface area contributed by atoms with Crippen molar-refractivity contribution in [1.82, 2.24) is 4.98 Å². The molecule has 1 amide bonds. The van der Waals surface area contributed by atoms with E-state index in [2.05, 4.69) is 4.98 Å². The number of rotatable bonds is 7. The molecule has 6 heteroatoms. The number of anilines is 1. The van der Waals surface area contributed by atoms with E-state index in [1.165, 1.54) is 17.0 Å². The third-order valence-electron chi connectivity index (χ3n) is 4.12. The van der Waals surface area contributed by atoms with E-state index in [4.69, 9.17) is 16.3 Å². The molecule has 3 rings (SSSR count). The number of amides is 1. The Morgan fingerprint density at radius 3 is 2.54 bits per heavy atom. The quantitative estimate of drug-likeness (QED) is 0.527. The normalized spacial score (nSPS) is 10.5. The van der Waals surface area contributed by atoms with Gasteiger partial charge >= 0.3 is 0 Å². The highest BCUT2D eigenvalue weighted by Gasteiger charge is 2.22. The standard InChI is InChI=1S/C22H20ClFN2O2/c1-2-14-28-17-11-9-16(10-12-17)22(27)26(21-8-3-4-13-25-21)15-18-19(23)6-5-7-20(18)24/h3-13H,2,14-15H2,1H3. The van der Waals surface area contributed by atoms with Gasteiger partial charge in [-0.25, -0.2) is 9.37 Å². The fourth-order valence-corrected chi connectivity index (χ4v) is 2.90. The molecule has 0 bridgehead atoms. The summed E-state index contributed by atoms with van der Waals surface area (Å²) in [6.45, 7) is 2.60. The number of aromatic nitrogens is 1. The molecule has 2 aromatic carbocycles. The Labute approximate surface area is 168 Å². The van der Waals surface area contributed by atoms with E-state index in [0.717, 1.165) is 6.42 Å². The summed E-state index contributed by atoms with van der Waals surface area (Å²) in [5.41, 5.74) is 0.688. The number of hydrogen-bond acceptors (Lipinski definition) is 3. The Morgan fingerprint density at radius 1 is 1.11 bits per heavy atom. The van der Waals surface area contributed by atoms with Crippen molar-refractivity contribution < 1.29 is 13.9 Å². The van der Waals surface area contributed by atoms with Gasteiger partial charge in [0.25, 0.3) is 5.91 Å². The lowest BCUT2D eigenvalue weighted by atomic mass is 10.1. The van der Waals surface area contributed by atoms with Gasteiger partial charge in [0.15, 0.2) is 0 Å². The SMILES string of the molecule is CCCOc1ccc(C(=O)N(Cc2c(F)cccc2Cl)c2ccccn2)cc1. The van der Waals surface area contributed by atoms with Gasteiger partial charge in [0, 0.05) is 22.3 Å². The summed E-state index contributed by atoms with van der Waals surface area (Å²) >= 11 is 6.17. The zero-order chi connectivity index (χ0) is 19.9. The molecule has 0 atom stereocenters. The van der Waals surface area contributed by atoms with Crippen LogP contribution >= 0.6 is 11.6 Å². The molecule has 0 radical (unpaired) electrons. The molecule has 0 saturated carbocycles. The summed E-state index contributed by atoms with van der Waals surface area (Å²) in [6.07, 6.45) is 2.48. The largest absolute Gasteiger partial charge is 0.494 e. The highest BCUT2D eigenvalue weighted by molar-refractivity contribution is 6.31. The second-order valence-electron chi connectivity index (χ2n) is 6.15. The molecule has 0 aliphatic heterocycles. The number of benzene rings is 2. The maximum atomic E-state index is 14.3. The summed E-state index contributed by atoms with van der Waals surface area (Å²) in [7, 11) is 0. The van der Waals surface area contributed by atoms with Crippen LogP contribution in [0.2, 0.25) is 5.02 Å².